The van der Waals surface area contributed by atoms with E-state index in [1.54, 1.807) is 0 Å². The number of rotatable bonds is 2. The zero-order valence-electron chi connectivity index (χ0n) is 9.14. The molecule has 1 aliphatic heterocycles. The van der Waals surface area contributed by atoms with Crippen LogP contribution in [0.4, 0.5) is 0 Å². The second-order valence-electron chi connectivity index (χ2n) is 5.54. The van der Waals surface area contributed by atoms with Crippen LogP contribution in [0.5, 0.6) is 0 Å². The third kappa shape index (κ3) is 2.44. The summed E-state index contributed by atoms with van der Waals surface area (Å²) < 4.78 is 0. The normalized spacial score (nSPS) is 31.2. The van der Waals surface area contributed by atoms with Gasteiger partial charge in [0, 0.05) is 30.7 Å². The molecule has 1 saturated carbocycles. The van der Waals surface area contributed by atoms with Crippen molar-refractivity contribution in [1.29, 1.82) is 0 Å². The summed E-state index contributed by atoms with van der Waals surface area (Å²) in [6.45, 7) is 9.46. The van der Waals surface area contributed by atoms with E-state index < -0.39 is 0 Å². The van der Waals surface area contributed by atoms with Crippen molar-refractivity contribution < 1.29 is 0 Å². The molecule has 1 saturated heterocycles. The molecule has 2 fully saturated rings. The molecule has 76 valence electrons. The molecule has 1 unspecified atom stereocenters. The smallest absolute Gasteiger partial charge is 0.0209 e. The van der Waals surface area contributed by atoms with Gasteiger partial charge in [0.05, 0.1) is 0 Å². The molecule has 1 heterocycles. The molecule has 13 heavy (non-hydrogen) atoms. The average Bonchev–Trinajstić information content (AvgIpc) is 2.63. The number of hydrogen-bond acceptors (Lipinski definition) is 2. The van der Waals surface area contributed by atoms with E-state index >= 15 is 0 Å². The minimum absolute atomic E-state index is 0.361. The van der Waals surface area contributed by atoms with Crippen LogP contribution in [0.15, 0.2) is 0 Å². The van der Waals surface area contributed by atoms with Crippen molar-refractivity contribution in [3.8, 4) is 0 Å². The van der Waals surface area contributed by atoms with E-state index in [0.29, 0.717) is 5.54 Å². The summed E-state index contributed by atoms with van der Waals surface area (Å²) in [6.07, 6.45) is 4.16. The SMILES string of the molecule is CC(C)(C)N1CCC(NC2CC2)C1. The van der Waals surface area contributed by atoms with E-state index in [1.165, 1.54) is 32.4 Å². The third-order valence-corrected chi connectivity index (χ3v) is 3.19. The lowest BCUT2D eigenvalue weighted by molar-refractivity contribution is 0.170. The van der Waals surface area contributed by atoms with Gasteiger partial charge in [-0.3, -0.25) is 4.90 Å². The molecule has 2 rings (SSSR count). The van der Waals surface area contributed by atoms with Crippen molar-refractivity contribution in [2.75, 3.05) is 13.1 Å². The fourth-order valence-electron chi connectivity index (χ4n) is 2.09. The molecule has 2 aliphatic rings. The minimum Gasteiger partial charge on any atom is -0.310 e. The minimum atomic E-state index is 0.361. The molecular weight excluding hydrogens is 160 g/mol. The summed E-state index contributed by atoms with van der Waals surface area (Å²) in [6, 6.07) is 1.64. The van der Waals surface area contributed by atoms with Crippen LogP contribution in [0.25, 0.3) is 0 Å². The van der Waals surface area contributed by atoms with E-state index in [-0.39, 0.29) is 0 Å². The van der Waals surface area contributed by atoms with Crippen LogP contribution < -0.4 is 5.32 Å². The number of likely N-dealkylation sites (tertiary alicyclic amines) is 1. The average molecular weight is 182 g/mol. The first-order chi connectivity index (χ1) is 6.05. The number of nitrogens with one attached hydrogen (secondary N) is 1. The Balaban J connectivity index is 1.79. The van der Waals surface area contributed by atoms with Gasteiger partial charge in [-0.15, -0.1) is 0 Å². The second kappa shape index (κ2) is 3.25. The van der Waals surface area contributed by atoms with Crippen LogP contribution in [0.1, 0.15) is 40.0 Å². The second-order valence-corrected chi connectivity index (χ2v) is 5.54. The van der Waals surface area contributed by atoms with Gasteiger partial charge in [-0.25, -0.2) is 0 Å². The van der Waals surface area contributed by atoms with E-state index in [2.05, 4.69) is 31.0 Å². The van der Waals surface area contributed by atoms with Gasteiger partial charge in [-0.1, -0.05) is 0 Å². The zero-order valence-corrected chi connectivity index (χ0v) is 9.14. The van der Waals surface area contributed by atoms with E-state index in [0.717, 1.165) is 12.1 Å². The maximum Gasteiger partial charge on any atom is 0.0209 e. The van der Waals surface area contributed by atoms with Crippen LogP contribution in [-0.4, -0.2) is 35.6 Å². The highest BCUT2D eigenvalue weighted by molar-refractivity contribution is 4.92. The molecule has 0 aromatic rings. The Morgan fingerprint density at radius 3 is 2.23 bits per heavy atom. The Morgan fingerprint density at radius 2 is 1.77 bits per heavy atom. The van der Waals surface area contributed by atoms with Gasteiger partial charge in [0.25, 0.3) is 0 Å². The Labute approximate surface area is 81.7 Å². The summed E-state index contributed by atoms with van der Waals surface area (Å²) in [5.74, 6) is 0. The van der Waals surface area contributed by atoms with Crippen molar-refractivity contribution in [2.45, 2.75) is 57.7 Å². The first-order valence-electron chi connectivity index (χ1n) is 5.57. The third-order valence-electron chi connectivity index (χ3n) is 3.19. The first kappa shape index (κ1) is 9.47. The molecule has 2 heteroatoms. The molecule has 0 aromatic heterocycles. The van der Waals surface area contributed by atoms with Crippen molar-refractivity contribution in [3.63, 3.8) is 0 Å². The summed E-state index contributed by atoms with van der Waals surface area (Å²) in [7, 11) is 0. The summed E-state index contributed by atoms with van der Waals surface area (Å²) in [4.78, 5) is 2.59. The van der Waals surface area contributed by atoms with Crippen LogP contribution in [0.3, 0.4) is 0 Å². The first-order valence-corrected chi connectivity index (χ1v) is 5.57. The highest BCUT2D eigenvalue weighted by Crippen LogP contribution is 2.24. The quantitative estimate of drug-likeness (QED) is 0.698. The Morgan fingerprint density at radius 1 is 1.08 bits per heavy atom. The van der Waals surface area contributed by atoms with Crippen molar-refractivity contribution in [2.24, 2.45) is 0 Å². The zero-order chi connectivity index (χ0) is 9.47. The Hall–Kier alpha value is -0.0800. The fraction of sp³-hybridized carbons (Fsp3) is 1.00. The van der Waals surface area contributed by atoms with Crippen LogP contribution in [0, 0.1) is 0 Å². The van der Waals surface area contributed by atoms with Crippen molar-refractivity contribution in [3.05, 3.63) is 0 Å². The van der Waals surface area contributed by atoms with E-state index in [1.807, 2.05) is 0 Å². The van der Waals surface area contributed by atoms with Crippen LogP contribution in [0.2, 0.25) is 0 Å². The van der Waals surface area contributed by atoms with Gasteiger partial charge in [0.2, 0.25) is 0 Å². The maximum atomic E-state index is 3.71. The number of nitrogens with zero attached hydrogens (tertiary/aromatic N) is 1. The topological polar surface area (TPSA) is 15.3 Å². The molecule has 0 aromatic carbocycles. The molecule has 0 amide bonds. The highest BCUT2D eigenvalue weighted by Gasteiger charge is 2.33. The maximum absolute atomic E-state index is 3.71. The van der Waals surface area contributed by atoms with Gasteiger partial charge in [0.1, 0.15) is 0 Å². The van der Waals surface area contributed by atoms with Gasteiger partial charge in [0.15, 0.2) is 0 Å². The lowest BCUT2D eigenvalue weighted by Crippen LogP contribution is -2.42. The molecule has 0 radical (unpaired) electrons. The van der Waals surface area contributed by atoms with Gasteiger partial charge in [-0.2, -0.15) is 0 Å². The molecule has 0 spiro atoms. The summed E-state index contributed by atoms with van der Waals surface area (Å²) >= 11 is 0. The van der Waals surface area contributed by atoms with Gasteiger partial charge >= 0.3 is 0 Å². The molecule has 0 bridgehead atoms. The summed E-state index contributed by atoms with van der Waals surface area (Å²) in [5, 5.41) is 3.71. The highest BCUT2D eigenvalue weighted by atomic mass is 15.2. The van der Waals surface area contributed by atoms with E-state index in [9.17, 15) is 0 Å². The van der Waals surface area contributed by atoms with Crippen molar-refractivity contribution >= 4 is 0 Å². The fourth-order valence-corrected chi connectivity index (χ4v) is 2.09. The Kier molecular flexibility index (Phi) is 2.37. The van der Waals surface area contributed by atoms with Gasteiger partial charge in [-0.05, 0) is 40.0 Å². The molecule has 1 atom stereocenters. The van der Waals surface area contributed by atoms with Crippen LogP contribution >= 0.6 is 0 Å². The molecular formula is C11H22N2. The lowest BCUT2D eigenvalue weighted by atomic mass is 10.1. The predicted octanol–water partition coefficient (Wildman–Crippen LogP) is 1.61. The molecule has 2 nitrogen and oxygen atoms in total. The van der Waals surface area contributed by atoms with E-state index in [4.69, 9.17) is 0 Å². The van der Waals surface area contributed by atoms with Gasteiger partial charge < -0.3 is 5.32 Å². The molecule has 1 aliphatic carbocycles. The summed E-state index contributed by atoms with van der Waals surface area (Å²) in [5.41, 5.74) is 0.361. The Bertz CT molecular complexity index is 179. The number of hydrogen-bond donors (Lipinski definition) is 1. The predicted molar refractivity (Wildman–Crippen MR) is 55.9 cm³/mol. The van der Waals surface area contributed by atoms with Crippen LogP contribution in [-0.2, 0) is 0 Å². The lowest BCUT2D eigenvalue weighted by Gasteiger charge is -2.31. The standard InChI is InChI=1S/C11H22N2/c1-11(2,3)13-7-6-10(8-13)12-9-4-5-9/h9-10,12H,4-8H2,1-3H3. The van der Waals surface area contributed by atoms with Crippen molar-refractivity contribution in [1.82, 2.24) is 10.2 Å². The molecule has 1 N–H and O–H groups in total. The monoisotopic (exact) mass is 182 g/mol. The largest absolute Gasteiger partial charge is 0.310 e.